The number of nitrogens with zero attached hydrogens (tertiary/aromatic N) is 2. The predicted molar refractivity (Wildman–Crippen MR) is 119 cm³/mol. The van der Waals surface area contributed by atoms with Crippen molar-refractivity contribution >= 4 is 38.9 Å². The molecule has 0 radical (unpaired) electrons. The lowest BCUT2D eigenvalue weighted by atomic mass is 10.2. The van der Waals surface area contributed by atoms with Gasteiger partial charge in [-0.3, -0.25) is 19.2 Å². The first kappa shape index (κ1) is 24.4. The quantitative estimate of drug-likeness (QED) is 0.306. The molecule has 11 heteroatoms. The molecule has 0 atom stereocenters. The summed E-state index contributed by atoms with van der Waals surface area (Å²) < 4.78 is 30.9. The maximum Gasteiger partial charge on any atom is 0.271 e. The molecule has 9 nitrogen and oxygen atoms in total. The van der Waals surface area contributed by atoms with Gasteiger partial charge in [0.1, 0.15) is 12.4 Å². The highest BCUT2D eigenvalue weighted by molar-refractivity contribution is 7.92. The summed E-state index contributed by atoms with van der Waals surface area (Å²) >= 11 is 6.07. The smallest absolute Gasteiger partial charge is 0.271 e. The second-order valence-corrected chi connectivity index (χ2v) is 9.16. The number of carbonyl (C=O) groups is 1. The zero-order chi connectivity index (χ0) is 23.0. The van der Waals surface area contributed by atoms with Gasteiger partial charge in [0.15, 0.2) is 0 Å². The van der Waals surface area contributed by atoms with Gasteiger partial charge in [-0.15, -0.1) is 0 Å². The highest BCUT2D eigenvalue weighted by Gasteiger charge is 2.22. The molecule has 1 N–H and O–H groups in total. The molecule has 0 aliphatic rings. The summed E-state index contributed by atoms with van der Waals surface area (Å²) in [6, 6.07) is 11.1. The van der Waals surface area contributed by atoms with Crippen LogP contribution in [0.1, 0.15) is 18.4 Å². The van der Waals surface area contributed by atoms with Gasteiger partial charge in [0.05, 0.1) is 28.4 Å². The van der Waals surface area contributed by atoms with Gasteiger partial charge in [0.2, 0.25) is 15.9 Å². The number of nitro groups is 1. The number of aryl methyl sites for hydroxylation is 1. The second kappa shape index (κ2) is 11.0. The number of benzene rings is 2. The zero-order valence-electron chi connectivity index (χ0n) is 17.2. The van der Waals surface area contributed by atoms with Crippen molar-refractivity contribution in [2.75, 3.05) is 30.3 Å². The fourth-order valence-electron chi connectivity index (χ4n) is 2.81. The summed E-state index contributed by atoms with van der Waals surface area (Å²) in [4.78, 5) is 22.4. The lowest BCUT2D eigenvalue weighted by Gasteiger charge is -2.23. The Morgan fingerprint density at radius 3 is 2.65 bits per heavy atom. The molecule has 0 bridgehead atoms. The first-order chi connectivity index (χ1) is 14.6. The molecule has 0 saturated heterocycles. The number of ether oxygens (including phenoxy) is 1. The van der Waals surface area contributed by atoms with Crippen molar-refractivity contribution in [1.82, 2.24) is 5.32 Å². The first-order valence-corrected chi connectivity index (χ1v) is 11.7. The van der Waals surface area contributed by atoms with Crippen LogP contribution in [0, 0.1) is 17.0 Å². The molecule has 0 fully saturated rings. The third-order valence-corrected chi connectivity index (χ3v) is 5.76. The Hall–Kier alpha value is -2.85. The van der Waals surface area contributed by atoms with Crippen LogP contribution in [-0.2, 0) is 14.8 Å². The van der Waals surface area contributed by atoms with Crippen LogP contribution in [0.25, 0.3) is 0 Å². The van der Waals surface area contributed by atoms with E-state index in [4.69, 9.17) is 16.3 Å². The lowest BCUT2D eigenvalue weighted by Crippen LogP contribution is -2.33. The molecule has 168 valence electrons. The molecular formula is C20H24ClN3O6S. The normalized spacial score (nSPS) is 11.1. The Balaban J connectivity index is 1.87. The van der Waals surface area contributed by atoms with Crippen molar-refractivity contribution in [2.24, 2.45) is 0 Å². The number of amides is 1. The molecule has 31 heavy (non-hydrogen) atoms. The van der Waals surface area contributed by atoms with Gasteiger partial charge >= 0.3 is 0 Å². The summed E-state index contributed by atoms with van der Waals surface area (Å²) in [5.41, 5.74) is 0.797. The summed E-state index contributed by atoms with van der Waals surface area (Å²) in [7, 11) is -3.76. The van der Waals surface area contributed by atoms with E-state index in [0.29, 0.717) is 18.9 Å². The average molecular weight is 470 g/mol. The number of sulfonamides is 1. The molecule has 0 aliphatic heterocycles. The van der Waals surface area contributed by atoms with E-state index in [2.05, 4.69) is 5.32 Å². The van der Waals surface area contributed by atoms with Crippen molar-refractivity contribution in [2.45, 2.75) is 19.8 Å². The number of rotatable bonds is 11. The number of carbonyl (C=O) groups excluding carboxylic acids is 1. The molecule has 0 aliphatic carbocycles. The Bertz CT molecular complexity index is 1040. The maximum atomic E-state index is 12.2. The van der Waals surface area contributed by atoms with Crippen LogP contribution < -0.4 is 14.4 Å². The van der Waals surface area contributed by atoms with E-state index in [-0.39, 0.29) is 41.7 Å². The Labute approximate surface area is 186 Å². The van der Waals surface area contributed by atoms with Crippen LogP contribution >= 0.6 is 11.6 Å². The fraction of sp³-hybridized carbons (Fsp3) is 0.350. The van der Waals surface area contributed by atoms with E-state index in [1.807, 2.05) is 31.2 Å². The molecule has 2 aromatic carbocycles. The molecular weight excluding hydrogens is 446 g/mol. The van der Waals surface area contributed by atoms with Crippen LogP contribution in [-0.4, -0.2) is 45.2 Å². The van der Waals surface area contributed by atoms with Crippen LogP contribution in [0.5, 0.6) is 5.75 Å². The minimum absolute atomic E-state index is 0.00493. The Morgan fingerprint density at radius 2 is 2.00 bits per heavy atom. The van der Waals surface area contributed by atoms with Gasteiger partial charge in [-0.1, -0.05) is 23.7 Å². The minimum Gasteiger partial charge on any atom is -0.492 e. The van der Waals surface area contributed by atoms with Crippen molar-refractivity contribution in [3.63, 3.8) is 0 Å². The van der Waals surface area contributed by atoms with E-state index < -0.39 is 14.9 Å². The van der Waals surface area contributed by atoms with E-state index >= 15 is 0 Å². The van der Waals surface area contributed by atoms with Crippen LogP contribution in [0.4, 0.5) is 11.4 Å². The molecule has 0 spiro atoms. The standard InChI is InChI=1S/C20H24ClN3O6S/c1-15-5-3-6-17(13-15)30-12-10-22-20(25)7-4-11-23(31(2,28)29)19-14-16(24(26)27)8-9-18(19)21/h3,5-6,8-9,13-14H,4,7,10-12H2,1-2H3,(H,22,25). The SMILES string of the molecule is Cc1cccc(OCCNC(=O)CCCN(c2cc([N+](=O)[O-])ccc2Cl)S(C)(=O)=O)c1. The first-order valence-electron chi connectivity index (χ1n) is 9.46. The predicted octanol–water partition coefficient (Wildman–Crippen LogP) is 3.30. The Kier molecular flexibility index (Phi) is 8.64. The highest BCUT2D eigenvalue weighted by Crippen LogP contribution is 2.31. The van der Waals surface area contributed by atoms with Gasteiger partial charge in [0, 0.05) is 25.1 Å². The number of nitrogens with one attached hydrogen (secondary N) is 1. The largest absolute Gasteiger partial charge is 0.492 e. The number of halogens is 1. The highest BCUT2D eigenvalue weighted by atomic mass is 35.5. The van der Waals surface area contributed by atoms with Crippen molar-refractivity contribution in [1.29, 1.82) is 0 Å². The molecule has 2 aromatic rings. The number of nitro benzene ring substituents is 1. The number of hydrogen-bond donors (Lipinski definition) is 1. The Morgan fingerprint density at radius 1 is 1.26 bits per heavy atom. The van der Waals surface area contributed by atoms with E-state index in [9.17, 15) is 23.3 Å². The van der Waals surface area contributed by atoms with Crippen molar-refractivity contribution in [3.05, 3.63) is 63.2 Å². The number of hydrogen-bond acceptors (Lipinski definition) is 6. The third kappa shape index (κ3) is 7.72. The molecule has 1 amide bonds. The average Bonchev–Trinajstić information content (AvgIpc) is 2.68. The van der Waals surface area contributed by atoms with Crippen LogP contribution in [0.15, 0.2) is 42.5 Å². The van der Waals surface area contributed by atoms with E-state index in [1.165, 1.54) is 12.1 Å². The van der Waals surface area contributed by atoms with E-state index in [1.54, 1.807) is 0 Å². The molecule has 0 saturated carbocycles. The topological polar surface area (TPSA) is 119 Å². The van der Waals surface area contributed by atoms with Crippen molar-refractivity contribution < 1.29 is 22.9 Å². The van der Waals surface area contributed by atoms with Crippen molar-refractivity contribution in [3.8, 4) is 5.75 Å². The maximum absolute atomic E-state index is 12.2. The van der Waals surface area contributed by atoms with Gasteiger partial charge in [-0.2, -0.15) is 0 Å². The third-order valence-electron chi connectivity index (χ3n) is 4.26. The lowest BCUT2D eigenvalue weighted by molar-refractivity contribution is -0.384. The summed E-state index contributed by atoms with van der Waals surface area (Å²) in [6.07, 6.45) is 1.25. The van der Waals surface area contributed by atoms with E-state index in [0.717, 1.165) is 22.2 Å². The molecule has 0 heterocycles. The molecule has 0 aromatic heterocycles. The summed E-state index contributed by atoms with van der Waals surface area (Å²) in [5, 5.41) is 13.8. The van der Waals surface area contributed by atoms with Crippen LogP contribution in [0.3, 0.4) is 0 Å². The molecule has 2 rings (SSSR count). The summed E-state index contributed by atoms with van der Waals surface area (Å²) in [5.74, 6) is 0.457. The van der Waals surface area contributed by atoms with Gasteiger partial charge < -0.3 is 10.1 Å². The number of non-ortho nitro benzene ring substituents is 1. The second-order valence-electron chi connectivity index (χ2n) is 6.85. The molecule has 0 unspecified atom stereocenters. The van der Waals surface area contributed by atoms with Crippen LogP contribution in [0.2, 0.25) is 5.02 Å². The minimum atomic E-state index is -3.76. The van der Waals surface area contributed by atoms with Gasteiger partial charge in [-0.05, 0) is 37.1 Å². The van der Waals surface area contributed by atoms with Gasteiger partial charge in [0.25, 0.3) is 5.69 Å². The zero-order valence-corrected chi connectivity index (χ0v) is 18.8. The monoisotopic (exact) mass is 469 g/mol. The number of anilines is 1. The fourth-order valence-corrected chi connectivity index (χ4v) is 4.05. The van der Waals surface area contributed by atoms with Gasteiger partial charge in [-0.25, -0.2) is 8.42 Å². The summed E-state index contributed by atoms with van der Waals surface area (Å²) in [6.45, 7) is 2.51.